The number of hydrogen-bond acceptors (Lipinski definition) is 5. The molecule has 1 atom stereocenters. The molecule has 1 aromatic carbocycles. The molecule has 132 valence electrons. The minimum Gasteiger partial charge on any atom is -0.459 e. The van der Waals surface area contributed by atoms with Crippen molar-refractivity contribution in [1.29, 1.82) is 0 Å². The topological polar surface area (TPSA) is 59.0 Å². The predicted octanol–water partition coefficient (Wildman–Crippen LogP) is 3.60. The van der Waals surface area contributed by atoms with Gasteiger partial charge in [-0.3, -0.25) is 9.69 Å². The zero-order valence-electron chi connectivity index (χ0n) is 14.9. The standard InChI is InChI=1S/C19H22N2O3S/c1-11(2)24-18(23)16-13(4)20-19-21(15(22)9-10-25-19)17(16)14-7-5-12(3)6-8-14/h5-8,11,17H,9-10H2,1-4H3/t17-/m0/s1. The molecule has 2 aliphatic rings. The van der Waals surface area contributed by atoms with E-state index in [4.69, 9.17) is 4.74 Å². The largest absolute Gasteiger partial charge is 0.459 e. The number of amidine groups is 1. The van der Waals surface area contributed by atoms with Crippen LogP contribution in [0.25, 0.3) is 0 Å². The fraction of sp³-hybridized carbons (Fsp3) is 0.421. The highest BCUT2D eigenvalue weighted by Gasteiger charge is 2.41. The maximum absolute atomic E-state index is 12.8. The monoisotopic (exact) mass is 358 g/mol. The number of aryl methyl sites for hydroxylation is 1. The summed E-state index contributed by atoms with van der Waals surface area (Å²) in [7, 11) is 0. The van der Waals surface area contributed by atoms with E-state index in [2.05, 4.69) is 4.99 Å². The van der Waals surface area contributed by atoms with E-state index < -0.39 is 12.0 Å². The van der Waals surface area contributed by atoms with Gasteiger partial charge in [-0.15, -0.1) is 0 Å². The Morgan fingerprint density at radius 3 is 2.60 bits per heavy atom. The van der Waals surface area contributed by atoms with Gasteiger partial charge in [0.1, 0.15) is 0 Å². The lowest BCUT2D eigenvalue weighted by molar-refractivity contribution is -0.143. The van der Waals surface area contributed by atoms with Gasteiger partial charge in [0.15, 0.2) is 5.17 Å². The number of carbonyl (C=O) groups excluding carboxylic acids is 2. The maximum Gasteiger partial charge on any atom is 0.338 e. The summed E-state index contributed by atoms with van der Waals surface area (Å²) >= 11 is 1.55. The van der Waals surface area contributed by atoms with Crippen molar-refractivity contribution in [3.05, 3.63) is 46.7 Å². The van der Waals surface area contributed by atoms with Gasteiger partial charge in [0.25, 0.3) is 0 Å². The fourth-order valence-electron chi connectivity index (χ4n) is 3.00. The molecule has 0 spiro atoms. The first-order valence-electron chi connectivity index (χ1n) is 8.40. The number of nitrogens with zero attached hydrogens (tertiary/aromatic N) is 2. The Kier molecular flexibility index (Phi) is 4.99. The van der Waals surface area contributed by atoms with Crippen LogP contribution in [0, 0.1) is 6.92 Å². The second-order valence-electron chi connectivity index (χ2n) is 6.52. The highest BCUT2D eigenvalue weighted by atomic mass is 32.2. The molecule has 0 bridgehead atoms. The van der Waals surface area contributed by atoms with Gasteiger partial charge in [-0.2, -0.15) is 0 Å². The minimum atomic E-state index is -0.486. The van der Waals surface area contributed by atoms with Crippen LogP contribution in [0.3, 0.4) is 0 Å². The van der Waals surface area contributed by atoms with Gasteiger partial charge in [-0.1, -0.05) is 41.6 Å². The third-order valence-electron chi connectivity index (χ3n) is 4.16. The molecule has 0 saturated carbocycles. The van der Waals surface area contributed by atoms with E-state index >= 15 is 0 Å². The van der Waals surface area contributed by atoms with E-state index in [-0.39, 0.29) is 12.0 Å². The molecule has 2 heterocycles. The van der Waals surface area contributed by atoms with Crippen LogP contribution in [0.5, 0.6) is 0 Å². The third-order valence-corrected chi connectivity index (χ3v) is 5.12. The average molecular weight is 358 g/mol. The van der Waals surface area contributed by atoms with Crippen molar-refractivity contribution in [3.63, 3.8) is 0 Å². The molecule has 2 aliphatic heterocycles. The number of fused-ring (bicyclic) bond motifs is 1. The summed E-state index contributed by atoms with van der Waals surface area (Å²) in [4.78, 5) is 31.6. The van der Waals surface area contributed by atoms with Crippen LogP contribution in [0.1, 0.15) is 44.4 Å². The summed E-state index contributed by atoms with van der Waals surface area (Å²) in [5, 5.41) is 0.667. The number of thioether (sulfide) groups is 1. The van der Waals surface area contributed by atoms with Crippen molar-refractivity contribution < 1.29 is 14.3 Å². The summed E-state index contributed by atoms with van der Waals surface area (Å²) in [5.41, 5.74) is 3.07. The summed E-state index contributed by atoms with van der Waals surface area (Å²) in [6.07, 6.45) is 0.209. The van der Waals surface area contributed by atoms with Crippen LogP contribution < -0.4 is 0 Å². The molecule has 25 heavy (non-hydrogen) atoms. The Hall–Kier alpha value is -2.08. The van der Waals surface area contributed by atoms with Crippen LogP contribution in [-0.2, 0) is 14.3 Å². The Bertz CT molecular complexity index is 765. The highest BCUT2D eigenvalue weighted by molar-refractivity contribution is 8.14. The van der Waals surface area contributed by atoms with Crippen LogP contribution in [-0.4, -0.2) is 33.8 Å². The second kappa shape index (κ2) is 7.04. The maximum atomic E-state index is 12.8. The molecule has 0 unspecified atom stereocenters. The summed E-state index contributed by atoms with van der Waals surface area (Å²) in [6, 6.07) is 7.42. The smallest absolute Gasteiger partial charge is 0.338 e. The van der Waals surface area contributed by atoms with Gasteiger partial charge >= 0.3 is 5.97 Å². The number of esters is 1. The number of aliphatic imine (C=N–C) groups is 1. The molecular formula is C19H22N2O3S. The number of carbonyl (C=O) groups is 2. The molecule has 0 N–H and O–H groups in total. The van der Waals surface area contributed by atoms with E-state index in [1.165, 1.54) is 0 Å². The van der Waals surface area contributed by atoms with Gasteiger partial charge in [-0.05, 0) is 33.3 Å². The average Bonchev–Trinajstić information content (AvgIpc) is 2.53. The zero-order chi connectivity index (χ0) is 18.1. The predicted molar refractivity (Wildman–Crippen MR) is 99.2 cm³/mol. The molecule has 5 nitrogen and oxygen atoms in total. The van der Waals surface area contributed by atoms with Crippen LogP contribution in [0.4, 0.5) is 0 Å². The van der Waals surface area contributed by atoms with Crippen molar-refractivity contribution >= 4 is 28.8 Å². The molecule has 6 heteroatoms. The third kappa shape index (κ3) is 3.49. The van der Waals surface area contributed by atoms with E-state index in [0.29, 0.717) is 28.6 Å². The van der Waals surface area contributed by atoms with Gasteiger partial charge in [0.05, 0.1) is 23.4 Å². The molecular weight excluding hydrogens is 336 g/mol. The molecule has 0 radical (unpaired) electrons. The number of ether oxygens (including phenoxy) is 1. The van der Waals surface area contributed by atoms with E-state index in [1.54, 1.807) is 16.7 Å². The molecule has 1 amide bonds. The normalized spacial score (nSPS) is 20.5. The van der Waals surface area contributed by atoms with Crippen molar-refractivity contribution in [1.82, 2.24) is 4.90 Å². The molecule has 1 saturated heterocycles. The Morgan fingerprint density at radius 1 is 1.28 bits per heavy atom. The number of hydrogen-bond donors (Lipinski definition) is 0. The van der Waals surface area contributed by atoms with Crippen LogP contribution in [0.15, 0.2) is 40.5 Å². The first-order chi connectivity index (χ1) is 11.9. The summed E-state index contributed by atoms with van der Waals surface area (Å²) in [6.45, 7) is 7.44. The van der Waals surface area contributed by atoms with E-state index in [1.807, 2.05) is 52.0 Å². The van der Waals surface area contributed by atoms with E-state index in [9.17, 15) is 9.59 Å². The van der Waals surface area contributed by atoms with Gasteiger partial charge in [0.2, 0.25) is 5.91 Å². The van der Waals surface area contributed by atoms with Crippen molar-refractivity contribution in [2.75, 3.05) is 5.75 Å². The molecule has 1 aromatic rings. The quantitative estimate of drug-likeness (QED) is 0.775. The molecule has 3 rings (SSSR count). The Labute approximate surface area is 152 Å². The molecule has 0 aliphatic carbocycles. The van der Waals surface area contributed by atoms with Crippen molar-refractivity contribution in [2.45, 2.75) is 46.3 Å². The first-order valence-corrected chi connectivity index (χ1v) is 9.39. The lowest BCUT2D eigenvalue weighted by Crippen LogP contribution is -2.46. The number of amides is 1. The fourth-order valence-corrected chi connectivity index (χ4v) is 4.01. The van der Waals surface area contributed by atoms with Crippen molar-refractivity contribution in [2.24, 2.45) is 4.99 Å². The highest BCUT2D eigenvalue weighted by Crippen LogP contribution is 2.40. The van der Waals surface area contributed by atoms with Crippen LogP contribution >= 0.6 is 11.8 Å². The lowest BCUT2D eigenvalue weighted by atomic mass is 9.93. The molecule has 1 fully saturated rings. The number of rotatable bonds is 3. The van der Waals surface area contributed by atoms with Gasteiger partial charge < -0.3 is 4.74 Å². The van der Waals surface area contributed by atoms with Gasteiger partial charge in [-0.25, -0.2) is 9.79 Å². The number of allylic oxidation sites excluding steroid dienone is 1. The Balaban J connectivity index is 2.12. The van der Waals surface area contributed by atoms with Crippen molar-refractivity contribution in [3.8, 4) is 0 Å². The number of benzene rings is 1. The molecule has 0 aromatic heterocycles. The first kappa shape index (κ1) is 17.7. The van der Waals surface area contributed by atoms with Crippen LogP contribution in [0.2, 0.25) is 0 Å². The SMILES string of the molecule is CC1=C(C(=O)OC(C)C)[C@H](c2ccc(C)cc2)N2C(=O)CCSC2=N1. The zero-order valence-corrected chi connectivity index (χ0v) is 15.7. The lowest BCUT2D eigenvalue weighted by Gasteiger charge is -2.39. The van der Waals surface area contributed by atoms with Gasteiger partial charge in [0, 0.05) is 12.2 Å². The summed E-state index contributed by atoms with van der Waals surface area (Å²) < 4.78 is 5.44. The van der Waals surface area contributed by atoms with E-state index in [0.717, 1.165) is 11.1 Å². The summed E-state index contributed by atoms with van der Waals surface area (Å²) in [5.74, 6) is 0.295. The second-order valence-corrected chi connectivity index (χ2v) is 7.59. The minimum absolute atomic E-state index is 0.00887. The Morgan fingerprint density at radius 2 is 1.96 bits per heavy atom.